The molecule has 0 aromatic carbocycles. The molecular formula is C10H18N2. The first-order valence-corrected chi connectivity index (χ1v) is 4.95. The van der Waals surface area contributed by atoms with Crippen LogP contribution in [-0.4, -0.2) is 9.78 Å². The highest BCUT2D eigenvalue weighted by atomic mass is 15.3. The number of nitrogens with zero attached hydrogens (tertiary/aromatic N) is 2. The monoisotopic (exact) mass is 166 g/mol. The van der Waals surface area contributed by atoms with Crippen molar-refractivity contribution in [3.63, 3.8) is 0 Å². The summed E-state index contributed by atoms with van der Waals surface area (Å²) in [6.45, 7) is 7.32. The highest BCUT2D eigenvalue weighted by Gasteiger charge is 2.13. The minimum atomic E-state index is 1.13. The third-order valence-corrected chi connectivity index (χ3v) is 2.20. The molecule has 0 radical (unpaired) electrons. The van der Waals surface area contributed by atoms with Gasteiger partial charge in [0, 0.05) is 12.2 Å². The molecule has 0 bridgehead atoms. The molecule has 1 aliphatic rings. The Morgan fingerprint density at radius 2 is 2.25 bits per heavy atom. The van der Waals surface area contributed by atoms with Crippen LogP contribution in [0.3, 0.4) is 0 Å². The zero-order chi connectivity index (χ0) is 8.97. The number of aromatic nitrogens is 2. The van der Waals surface area contributed by atoms with Gasteiger partial charge < -0.3 is 0 Å². The van der Waals surface area contributed by atoms with Crippen molar-refractivity contribution in [2.45, 2.75) is 46.6 Å². The molecule has 1 aromatic heterocycles. The molecule has 0 spiro atoms. The van der Waals surface area contributed by atoms with Crippen molar-refractivity contribution in [1.29, 1.82) is 0 Å². The molecule has 0 unspecified atom stereocenters. The van der Waals surface area contributed by atoms with E-state index in [2.05, 4.69) is 16.7 Å². The quantitative estimate of drug-likeness (QED) is 0.626. The van der Waals surface area contributed by atoms with Gasteiger partial charge in [-0.25, -0.2) is 0 Å². The Kier molecular flexibility index (Phi) is 3.32. The highest BCUT2D eigenvalue weighted by molar-refractivity contribution is 5.19. The van der Waals surface area contributed by atoms with E-state index in [0.717, 1.165) is 13.0 Å². The molecule has 2 rings (SSSR count). The second-order valence-corrected chi connectivity index (χ2v) is 2.80. The topological polar surface area (TPSA) is 17.8 Å². The van der Waals surface area contributed by atoms with Gasteiger partial charge in [-0.2, -0.15) is 5.10 Å². The molecule has 2 nitrogen and oxygen atoms in total. The second-order valence-electron chi connectivity index (χ2n) is 2.80. The third kappa shape index (κ3) is 1.52. The lowest BCUT2D eigenvalue weighted by molar-refractivity contribution is 0.656. The van der Waals surface area contributed by atoms with Crippen LogP contribution in [0.2, 0.25) is 0 Å². The van der Waals surface area contributed by atoms with Crippen molar-refractivity contribution < 1.29 is 0 Å². The molecule has 0 fully saturated rings. The Hall–Kier alpha value is -0.790. The smallest absolute Gasteiger partial charge is 0.0524 e. The van der Waals surface area contributed by atoms with Crippen LogP contribution in [-0.2, 0) is 19.4 Å². The van der Waals surface area contributed by atoms with Crippen molar-refractivity contribution in [3.8, 4) is 0 Å². The summed E-state index contributed by atoms with van der Waals surface area (Å²) in [7, 11) is 0. The average Bonchev–Trinajstić information content (AvgIpc) is 2.67. The molecule has 2 heterocycles. The van der Waals surface area contributed by atoms with Crippen molar-refractivity contribution in [1.82, 2.24) is 9.78 Å². The Bertz CT molecular complexity index is 238. The molecular weight excluding hydrogens is 148 g/mol. The van der Waals surface area contributed by atoms with E-state index in [4.69, 9.17) is 0 Å². The lowest BCUT2D eigenvalue weighted by Crippen LogP contribution is -1.93. The van der Waals surface area contributed by atoms with E-state index in [-0.39, 0.29) is 0 Å². The minimum Gasteiger partial charge on any atom is -0.269 e. The summed E-state index contributed by atoms with van der Waals surface area (Å²) >= 11 is 0. The van der Waals surface area contributed by atoms with Gasteiger partial charge in [-0.1, -0.05) is 20.8 Å². The van der Waals surface area contributed by atoms with Crippen LogP contribution in [0, 0.1) is 0 Å². The molecule has 0 saturated carbocycles. The maximum absolute atomic E-state index is 4.28. The molecule has 0 amide bonds. The van der Waals surface area contributed by atoms with Gasteiger partial charge in [0.15, 0.2) is 0 Å². The molecule has 0 aliphatic carbocycles. The van der Waals surface area contributed by atoms with E-state index in [9.17, 15) is 0 Å². The second kappa shape index (κ2) is 4.29. The van der Waals surface area contributed by atoms with Crippen LogP contribution >= 0.6 is 0 Å². The minimum absolute atomic E-state index is 1.13. The average molecular weight is 166 g/mol. The van der Waals surface area contributed by atoms with Crippen LogP contribution in [0.15, 0.2) is 6.20 Å². The van der Waals surface area contributed by atoms with Crippen LogP contribution in [0.25, 0.3) is 0 Å². The summed E-state index contributed by atoms with van der Waals surface area (Å²) in [6, 6.07) is 0. The van der Waals surface area contributed by atoms with E-state index in [0.29, 0.717) is 0 Å². The maximum Gasteiger partial charge on any atom is 0.0524 e. The number of rotatable bonds is 1. The molecule has 0 N–H and O–H groups in total. The zero-order valence-corrected chi connectivity index (χ0v) is 8.30. The summed E-state index contributed by atoms with van der Waals surface area (Å²) in [4.78, 5) is 0. The Labute approximate surface area is 74.6 Å². The van der Waals surface area contributed by atoms with Gasteiger partial charge in [-0.3, -0.25) is 4.68 Å². The first-order chi connectivity index (χ1) is 5.92. The van der Waals surface area contributed by atoms with Gasteiger partial charge in [0.1, 0.15) is 0 Å². The fraction of sp³-hybridized carbons (Fsp3) is 0.700. The number of hydrogen-bond acceptors (Lipinski definition) is 1. The summed E-state index contributed by atoms with van der Waals surface area (Å²) in [5.74, 6) is 0. The summed E-state index contributed by atoms with van der Waals surface area (Å²) in [5.41, 5.74) is 2.92. The zero-order valence-electron chi connectivity index (χ0n) is 8.30. The van der Waals surface area contributed by atoms with Gasteiger partial charge in [-0.05, 0) is 24.8 Å². The van der Waals surface area contributed by atoms with E-state index >= 15 is 0 Å². The largest absolute Gasteiger partial charge is 0.269 e. The lowest BCUT2D eigenvalue weighted by atomic mass is 10.1. The Morgan fingerprint density at radius 3 is 2.92 bits per heavy atom. The fourth-order valence-corrected chi connectivity index (χ4v) is 1.62. The van der Waals surface area contributed by atoms with Gasteiger partial charge in [0.2, 0.25) is 0 Å². The SMILES string of the molecule is CC.CCc1cnn2c1CCC2. The van der Waals surface area contributed by atoms with Crippen molar-refractivity contribution in [2.24, 2.45) is 0 Å². The van der Waals surface area contributed by atoms with Gasteiger partial charge >= 0.3 is 0 Å². The van der Waals surface area contributed by atoms with Gasteiger partial charge in [0.25, 0.3) is 0 Å². The molecule has 1 aliphatic heterocycles. The normalized spacial score (nSPS) is 13.6. The molecule has 2 heteroatoms. The van der Waals surface area contributed by atoms with E-state index in [1.54, 1.807) is 0 Å². The Balaban J connectivity index is 0.000000336. The molecule has 0 atom stereocenters. The van der Waals surface area contributed by atoms with E-state index < -0.39 is 0 Å². The van der Waals surface area contributed by atoms with E-state index in [1.807, 2.05) is 20.0 Å². The van der Waals surface area contributed by atoms with Gasteiger partial charge in [-0.15, -0.1) is 0 Å². The maximum atomic E-state index is 4.28. The first-order valence-electron chi connectivity index (χ1n) is 4.95. The standard InChI is InChI=1S/C8H12N2.C2H6/c1-2-7-6-9-10-5-3-4-8(7)10;1-2/h6H,2-5H2,1H3;1-2H3. The van der Waals surface area contributed by atoms with E-state index in [1.165, 1.54) is 24.1 Å². The summed E-state index contributed by atoms with van der Waals surface area (Å²) in [5, 5.41) is 4.28. The van der Waals surface area contributed by atoms with Crippen molar-refractivity contribution >= 4 is 0 Å². The number of aryl methyl sites for hydroxylation is 2. The fourth-order valence-electron chi connectivity index (χ4n) is 1.62. The highest BCUT2D eigenvalue weighted by Crippen LogP contribution is 2.17. The van der Waals surface area contributed by atoms with Crippen LogP contribution in [0.1, 0.15) is 38.4 Å². The van der Waals surface area contributed by atoms with Crippen molar-refractivity contribution in [3.05, 3.63) is 17.5 Å². The van der Waals surface area contributed by atoms with Crippen molar-refractivity contribution in [2.75, 3.05) is 0 Å². The molecule has 1 aromatic rings. The summed E-state index contributed by atoms with van der Waals surface area (Å²) in [6.07, 6.45) is 5.67. The summed E-state index contributed by atoms with van der Waals surface area (Å²) < 4.78 is 2.14. The number of hydrogen-bond donors (Lipinski definition) is 0. The van der Waals surface area contributed by atoms with Crippen LogP contribution < -0.4 is 0 Å². The van der Waals surface area contributed by atoms with Crippen LogP contribution in [0.4, 0.5) is 0 Å². The predicted octanol–water partition coefficient (Wildman–Crippen LogP) is 2.42. The third-order valence-electron chi connectivity index (χ3n) is 2.20. The van der Waals surface area contributed by atoms with Gasteiger partial charge in [0.05, 0.1) is 6.20 Å². The molecule has 0 saturated heterocycles. The lowest BCUT2D eigenvalue weighted by Gasteiger charge is -1.93. The van der Waals surface area contributed by atoms with Crippen LogP contribution in [0.5, 0.6) is 0 Å². The molecule has 12 heavy (non-hydrogen) atoms. The number of fused-ring (bicyclic) bond motifs is 1. The first kappa shape index (κ1) is 9.30. The predicted molar refractivity (Wildman–Crippen MR) is 51.3 cm³/mol. The Morgan fingerprint density at radius 1 is 1.50 bits per heavy atom. The molecule has 68 valence electrons.